The highest BCUT2D eigenvalue weighted by molar-refractivity contribution is 7.84. The summed E-state index contributed by atoms with van der Waals surface area (Å²) in [5, 5.41) is 15.1. The van der Waals surface area contributed by atoms with E-state index >= 15 is 0 Å². The van der Waals surface area contributed by atoms with Crippen molar-refractivity contribution in [2.75, 3.05) is 6.26 Å². The number of hydrogen-bond donors (Lipinski definition) is 2. The molecule has 6 nitrogen and oxygen atoms in total. The third-order valence-electron chi connectivity index (χ3n) is 3.49. The first kappa shape index (κ1) is 15.8. The van der Waals surface area contributed by atoms with E-state index < -0.39 is 16.3 Å². The molecule has 1 amide bonds. The predicted molar refractivity (Wildman–Crippen MR) is 80.6 cm³/mol. The monoisotopic (exact) mass is 309 g/mol. The molecule has 0 radical (unpaired) electrons. The van der Waals surface area contributed by atoms with Gasteiger partial charge in [-0.25, -0.2) is 5.01 Å². The molecule has 2 atom stereocenters. The molecule has 1 aliphatic rings. The number of hydroxylamine groups is 1. The Morgan fingerprint density at radius 3 is 2.33 bits per heavy atom. The number of hydrazone groups is 1. The number of nitrogens with one attached hydrogen (secondary N) is 1. The van der Waals surface area contributed by atoms with E-state index in [1.807, 2.05) is 13.8 Å². The largest absolute Gasteiger partial charge is 0.315 e. The van der Waals surface area contributed by atoms with E-state index in [1.54, 1.807) is 37.4 Å². The SMILES string of the molecule is CC(C)N1N=C(c2ccc(S(C)=O)cc2)C(C)(NO)C1=O. The molecular formula is C14H19N3O3S. The van der Waals surface area contributed by atoms with Gasteiger partial charge in [0.05, 0.1) is 11.8 Å². The van der Waals surface area contributed by atoms with Gasteiger partial charge in [0, 0.05) is 27.5 Å². The van der Waals surface area contributed by atoms with E-state index in [-0.39, 0.29) is 11.9 Å². The second kappa shape index (κ2) is 5.67. The minimum absolute atomic E-state index is 0.106. The van der Waals surface area contributed by atoms with Crippen molar-refractivity contribution in [3.63, 3.8) is 0 Å². The fourth-order valence-corrected chi connectivity index (χ4v) is 2.70. The van der Waals surface area contributed by atoms with Crippen LogP contribution in [0.15, 0.2) is 34.3 Å². The van der Waals surface area contributed by atoms with Crippen LogP contribution in [0.25, 0.3) is 0 Å². The third kappa shape index (κ3) is 2.64. The van der Waals surface area contributed by atoms with Gasteiger partial charge in [0.15, 0.2) is 5.54 Å². The van der Waals surface area contributed by atoms with E-state index in [0.29, 0.717) is 16.2 Å². The predicted octanol–water partition coefficient (Wildman–Crippen LogP) is 1.12. The molecule has 0 aromatic heterocycles. The van der Waals surface area contributed by atoms with Crippen LogP contribution in [0.3, 0.4) is 0 Å². The van der Waals surface area contributed by atoms with Gasteiger partial charge in [0.2, 0.25) is 0 Å². The molecule has 2 rings (SSSR count). The lowest BCUT2D eigenvalue weighted by atomic mass is 9.91. The van der Waals surface area contributed by atoms with E-state index in [4.69, 9.17) is 0 Å². The van der Waals surface area contributed by atoms with Crippen LogP contribution in [0.2, 0.25) is 0 Å². The summed E-state index contributed by atoms with van der Waals surface area (Å²) in [6.45, 7) is 5.29. The van der Waals surface area contributed by atoms with Crippen LogP contribution < -0.4 is 5.48 Å². The van der Waals surface area contributed by atoms with Crippen LogP contribution in [-0.4, -0.2) is 43.9 Å². The zero-order valence-corrected chi connectivity index (χ0v) is 13.3. The van der Waals surface area contributed by atoms with E-state index in [0.717, 1.165) is 0 Å². The first-order valence-electron chi connectivity index (χ1n) is 6.59. The maximum Gasteiger partial charge on any atom is 0.271 e. The van der Waals surface area contributed by atoms with Crippen molar-refractivity contribution in [1.82, 2.24) is 10.5 Å². The first-order valence-corrected chi connectivity index (χ1v) is 8.15. The molecule has 1 heterocycles. The molecule has 0 aliphatic carbocycles. The molecule has 0 fully saturated rings. The van der Waals surface area contributed by atoms with Gasteiger partial charge in [-0.1, -0.05) is 12.1 Å². The number of hydrogen-bond acceptors (Lipinski definition) is 5. The molecule has 1 aromatic rings. The summed E-state index contributed by atoms with van der Waals surface area (Å²) in [4.78, 5) is 13.1. The summed E-state index contributed by atoms with van der Waals surface area (Å²) < 4.78 is 11.4. The number of benzene rings is 1. The average Bonchev–Trinajstić information content (AvgIpc) is 2.72. The normalized spacial score (nSPS) is 23.6. The van der Waals surface area contributed by atoms with Crippen LogP contribution in [0.1, 0.15) is 26.3 Å². The molecule has 0 saturated carbocycles. The Hall–Kier alpha value is -1.57. The second-order valence-corrected chi connectivity index (χ2v) is 6.79. The summed E-state index contributed by atoms with van der Waals surface area (Å²) in [7, 11) is -1.06. The zero-order chi connectivity index (χ0) is 15.8. The number of nitrogens with zero attached hydrogens (tertiary/aromatic N) is 2. The quantitative estimate of drug-likeness (QED) is 0.817. The fraction of sp³-hybridized carbons (Fsp3) is 0.429. The highest BCUT2D eigenvalue weighted by Gasteiger charge is 2.48. The van der Waals surface area contributed by atoms with Gasteiger partial charge in [0.25, 0.3) is 5.91 Å². The Balaban J connectivity index is 2.46. The molecule has 114 valence electrons. The lowest BCUT2D eigenvalue weighted by molar-refractivity contribution is -0.137. The average molecular weight is 309 g/mol. The summed E-state index contributed by atoms with van der Waals surface area (Å²) in [5.74, 6) is -0.307. The van der Waals surface area contributed by atoms with Crippen molar-refractivity contribution < 1.29 is 14.2 Å². The minimum Gasteiger partial charge on any atom is -0.315 e. The zero-order valence-electron chi connectivity index (χ0n) is 12.5. The van der Waals surface area contributed by atoms with E-state index in [1.165, 1.54) is 5.01 Å². The summed E-state index contributed by atoms with van der Waals surface area (Å²) in [5.41, 5.74) is 1.94. The van der Waals surface area contributed by atoms with Crippen molar-refractivity contribution in [2.24, 2.45) is 5.10 Å². The Kier molecular flexibility index (Phi) is 4.27. The molecular weight excluding hydrogens is 290 g/mol. The molecule has 7 heteroatoms. The highest BCUT2D eigenvalue weighted by Crippen LogP contribution is 2.26. The van der Waals surface area contributed by atoms with Crippen molar-refractivity contribution in [3.8, 4) is 0 Å². The van der Waals surface area contributed by atoms with Crippen molar-refractivity contribution in [3.05, 3.63) is 29.8 Å². The number of carbonyl (C=O) groups excluding carboxylic acids is 1. The van der Waals surface area contributed by atoms with Crippen molar-refractivity contribution in [1.29, 1.82) is 0 Å². The van der Waals surface area contributed by atoms with Gasteiger partial charge in [-0.15, -0.1) is 0 Å². The molecule has 0 spiro atoms. The van der Waals surface area contributed by atoms with E-state index in [9.17, 15) is 14.2 Å². The minimum atomic E-state index is -1.28. The standard InChI is InChI=1S/C14H19N3O3S/c1-9(2)17-13(18)14(3,16-19)12(15-17)10-5-7-11(8-6-10)21(4)20/h5-9,16,19H,1-4H3. The van der Waals surface area contributed by atoms with Gasteiger partial charge in [0.1, 0.15) is 0 Å². The lowest BCUT2D eigenvalue weighted by Crippen LogP contribution is -2.55. The highest BCUT2D eigenvalue weighted by atomic mass is 32.2. The summed E-state index contributed by atoms with van der Waals surface area (Å²) in [6, 6.07) is 6.86. The van der Waals surface area contributed by atoms with Gasteiger partial charge in [-0.05, 0) is 32.9 Å². The molecule has 0 bridgehead atoms. The maximum absolute atomic E-state index is 12.4. The van der Waals surface area contributed by atoms with Crippen molar-refractivity contribution in [2.45, 2.75) is 37.2 Å². The van der Waals surface area contributed by atoms with Gasteiger partial charge >= 0.3 is 0 Å². The Morgan fingerprint density at radius 1 is 1.33 bits per heavy atom. The maximum atomic E-state index is 12.4. The molecule has 2 N–H and O–H groups in total. The number of carbonyl (C=O) groups is 1. The van der Waals surface area contributed by atoms with Crippen LogP contribution >= 0.6 is 0 Å². The Labute approximate surface area is 126 Å². The van der Waals surface area contributed by atoms with Crippen LogP contribution in [-0.2, 0) is 15.6 Å². The van der Waals surface area contributed by atoms with Crippen molar-refractivity contribution >= 4 is 22.4 Å². The molecule has 1 aliphatic heterocycles. The van der Waals surface area contributed by atoms with Crippen LogP contribution in [0, 0.1) is 0 Å². The first-order chi connectivity index (χ1) is 9.81. The van der Waals surface area contributed by atoms with Crippen LogP contribution in [0.5, 0.6) is 0 Å². The molecule has 21 heavy (non-hydrogen) atoms. The summed E-state index contributed by atoms with van der Waals surface area (Å²) in [6.07, 6.45) is 1.60. The topological polar surface area (TPSA) is 82.0 Å². The second-order valence-electron chi connectivity index (χ2n) is 5.41. The van der Waals surface area contributed by atoms with E-state index in [2.05, 4.69) is 10.6 Å². The Morgan fingerprint density at radius 2 is 1.90 bits per heavy atom. The molecule has 0 saturated heterocycles. The fourth-order valence-electron chi connectivity index (χ4n) is 2.19. The Bertz CT molecular complexity index is 612. The molecule has 1 aromatic carbocycles. The smallest absolute Gasteiger partial charge is 0.271 e. The summed E-state index contributed by atoms with van der Waals surface area (Å²) >= 11 is 0. The molecule has 2 unspecified atom stereocenters. The number of rotatable bonds is 4. The van der Waals surface area contributed by atoms with Gasteiger partial charge in [-0.2, -0.15) is 10.6 Å². The van der Waals surface area contributed by atoms with Gasteiger partial charge < -0.3 is 5.21 Å². The lowest BCUT2D eigenvalue weighted by Gasteiger charge is -2.24. The number of amides is 1. The van der Waals surface area contributed by atoms with Crippen LogP contribution in [0.4, 0.5) is 0 Å². The van der Waals surface area contributed by atoms with Gasteiger partial charge in [-0.3, -0.25) is 9.00 Å². The third-order valence-corrected chi connectivity index (χ3v) is 4.43.